The minimum atomic E-state index is 0.152. The zero-order chi connectivity index (χ0) is 23.4. The van der Waals surface area contributed by atoms with Gasteiger partial charge in [0.15, 0.2) is 5.78 Å². The molecule has 1 aliphatic carbocycles. The van der Waals surface area contributed by atoms with Gasteiger partial charge < -0.3 is 10.4 Å². The van der Waals surface area contributed by atoms with Crippen LogP contribution in [0.5, 0.6) is 5.75 Å². The van der Waals surface area contributed by atoms with Gasteiger partial charge >= 0.3 is 0 Å². The molecule has 0 bridgehead atoms. The number of Topliss-reactive ketones (excluding diaryl/α,β-unsaturated/α-hetero) is 1. The fourth-order valence-electron chi connectivity index (χ4n) is 4.77. The number of anilines is 1. The van der Waals surface area contributed by atoms with Gasteiger partial charge in [0.2, 0.25) is 0 Å². The number of phenols is 1. The number of carbonyl (C=O) groups excluding carboxylic acids is 1. The van der Waals surface area contributed by atoms with Gasteiger partial charge in [-0.3, -0.25) is 9.78 Å². The maximum Gasteiger partial charge on any atom is 0.169 e. The van der Waals surface area contributed by atoms with Crippen LogP contribution in [0.1, 0.15) is 75.2 Å². The minimum Gasteiger partial charge on any atom is -0.508 e. The molecule has 1 heterocycles. The number of aryl methyl sites for hydroxylation is 1. The first kappa shape index (κ1) is 23.3. The summed E-state index contributed by atoms with van der Waals surface area (Å²) in [5.74, 6) is 1.30. The van der Waals surface area contributed by atoms with Crippen LogP contribution in [-0.4, -0.2) is 22.4 Å². The Kier molecular flexibility index (Phi) is 7.32. The summed E-state index contributed by atoms with van der Waals surface area (Å²) < 4.78 is 0. The molecular weight excluding hydrogens is 408 g/mol. The van der Waals surface area contributed by atoms with Crippen molar-refractivity contribution < 1.29 is 9.90 Å². The lowest BCUT2D eigenvalue weighted by Gasteiger charge is -2.20. The van der Waals surface area contributed by atoms with Crippen LogP contribution < -0.4 is 5.32 Å². The third-order valence-corrected chi connectivity index (χ3v) is 6.84. The third-order valence-electron chi connectivity index (χ3n) is 6.84. The van der Waals surface area contributed by atoms with Crippen LogP contribution in [0.2, 0.25) is 0 Å². The molecule has 0 saturated heterocycles. The van der Waals surface area contributed by atoms with E-state index < -0.39 is 0 Å². The fraction of sp³-hybridized carbons (Fsp3) is 0.448. The first-order valence-corrected chi connectivity index (χ1v) is 12.6. The number of phenolic OH excluding ortho intramolecular Hbond substituents is 1. The summed E-state index contributed by atoms with van der Waals surface area (Å²) in [6, 6.07) is 12.0. The number of benzene rings is 2. The largest absolute Gasteiger partial charge is 0.508 e. The van der Waals surface area contributed by atoms with Gasteiger partial charge in [0.25, 0.3) is 0 Å². The van der Waals surface area contributed by atoms with E-state index in [0.29, 0.717) is 11.7 Å². The average Bonchev–Trinajstić information content (AvgIpc) is 3.68. The second-order valence-electron chi connectivity index (χ2n) is 9.44. The summed E-state index contributed by atoms with van der Waals surface area (Å²) in [5, 5.41) is 14.8. The third kappa shape index (κ3) is 5.21. The molecule has 0 unspecified atom stereocenters. The maximum absolute atomic E-state index is 13.1. The molecule has 2 aromatic carbocycles. The molecule has 4 rings (SSSR count). The summed E-state index contributed by atoms with van der Waals surface area (Å²) in [7, 11) is 0. The van der Waals surface area contributed by atoms with Crippen molar-refractivity contribution in [3.05, 3.63) is 53.7 Å². The van der Waals surface area contributed by atoms with Gasteiger partial charge in [0.05, 0.1) is 16.8 Å². The van der Waals surface area contributed by atoms with Crippen LogP contribution in [0.25, 0.3) is 22.0 Å². The number of ketones is 1. The number of carbonyl (C=O) groups is 1. The lowest BCUT2D eigenvalue weighted by molar-refractivity contribution is 0.0968. The topological polar surface area (TPSA) is 62.2 Å². The van der Waals surface area contributed by atoms with E-state index in [1.807, 2.05) is 19.1 Å². The zero-order valence-electron chi connectivity index (χ0n) is 20.2. The maximum atomic E-state index is 13.1. The number of nitrogens with one attached hydrogen (secondary N) is 1. The second-order valence-corrected chi connectivity index (χ2v) is 9.44. The van der Waals surface area contributed by atoms with E-state index in [1.54, 1.807) is 12.3 Å². The normalized spacial score (nSPS) is 13.6. The number of fused-ring (bicyclic) bond motifs is 1. The van der Waals surface area contributed by atoms with Gasteiger partial charge in [-0.2, -0.15) is 0 Å². The number of pyridine rings is 1. The molecule has 33 heavy (non-hydrogen) atoms. The van der Waals surface area contributed by atoms with E-state index in [0.717, 1.165) is 64.7 Å². The van der Waals surface area contributed by atoms with Gasteiger partial charge in [-0.15, -0.1) is 0 Å². The Labute approximate surface area is 197 Å². The van der Waals surface area contributed by atoms with E-state index in [4.69, 9.17) is 0 Å². The number of aromatic nitrogens is 1. The Morgan fingerprint density at radius 1 is 1.06 bits per heavy atom. The number of aromatic hydroxyl groups is 1. The van der Waals surface area contributed by atoms with Crippen molar-refractivity contribution in [1.29, 1.82) is 0 Å². The molecule has 0 radical (unpaired) electrons. The monoisotopic (exact) mass is 444 g/mol. The average molecular weight is 445 g/mol. The van der Waals surface area contributed by atoms with Gasteiger partial charge in [-0.05, 0) is 79.0 Å². The summed E-state index contributed by atoms with van der Waals surface area (Å²) in [6.45, 7) is 7.39. The van der Waals surface area contributed by atoms with Crippen molar-refractivity contribution in [3.8, 4) is 16.9 Å². The van der Waals surface area contributed by atoms with Crippen LogP contribution >= 0.6 is 0 Å². The number of hydrogen-bond donors (Lipinski definition) is 2. The van der Waals surface area contributed by atoms with Crippen LogP contribution in [0, 0.1) is 11.8 Å². The summed E-state index contributed by atoms with van der Waals surface area (Å²) in [6.07, 6.45) is 9.23. The van der Waals surface area contributed by atoms with Crippen molar-refractivity contribution in [2.45, 2.75) is 65.7 Å². The van der Waals surface area contributed by atoms with Gasteiger partial charge in [0, 0.05) is 24.0 Å². The molecule has 1 fully saturated rings. The highest BCUT2D eigenvalue weighted by molar-refractivity contribution is 6.10. The van der Waals surface area contributed by atoms with Crippen LogP contribution in [0.3, 0.4) is 0 Å². The smallest absolute Gasteiger partial charge is 0.169 e. The molecule has 0 aliphatic heterocycles. The Hall–Kier alpha value is -2.88. The van der Waals surface area contributed by atoms with Gasteiger partial charge in [-0.25, -0.2) is 0 Å². The Morgan fingerprint density at radius 2 is 1.76 bits per heavy atom. The minimum absolute atomic E-state index is 0.152. The fourth-order valence-corrected chi connectivity index (χ4v) is 4.77. The van der Waals surface area contributed by atoms with E-state index in [-0.39, 0.29) is 11.7 Å². The zero-order valence-corrected chi connectivity index (χ0v) is 20.2. The van der Waals surface area contributed by atoms with Crippen molar-refractivity contribution in [3.63, 3.8) is 0 Å². The van der Waals surface area contributed by atoms with Crippen molar-refractivity contribution in [2.24, 2.45) is 11.8 Å². The predicted octanol–water partition coefficient (Wildman–Crippen LogP) is 7.39. The highest BCUT2D eigenvalue weighted by atomic mass is 16.3. The van der Waals surface area contributed by atoms with Crippen LogP contribution in [0.15, 0.2) is 42.6 Å². The van der Waals surface area contributed by atoms with Crippen LogP contribution in [0.4, 0.5) is 5.69 Å². The van der Waals surface area contributed by atoms with E-state index in [1.165, 1.54) is 25.7 Å². The summed E-state index contributed by atoms with van der Waals surface area (Å²) >= 11 is 0. The van der Waals surface area contributed by atoms with Gasteiger partial charge in [0.1, 0.15) is 5.75 Å². The Balaban J connectivity index is 1.77. The van der Waals surface area contributed by atoms with Crippen molar-refractivity contribution in [2.75, 3.05) is 11.9 Å². The molecule has 0 atom stereocenters. The first-order chi connectivity index (χ1) is 16.0. The number of hydrogen-bond acceptors (Lipinski definition) is 4. The second kappa shape index (κ2) is 10.4. The molecule has 4 heteroatoms. The molecular formula is C29H36N2O2. The van der Waals surface area contributed by atoms with E-state index in [2.05, 4.69) is 42.3 Å². The van der Waals surface area contributed by atoms with Crippen molar-refractivity contribution in [1.82, 2.24) is 4.98 Å². The van der Waals surface area contributed by atoms with Crippen molar-refractivity contribution >= 4 is 22.4 Å². The molecule has 3 aromatic rings. The van der Waals surface area contributed by atoms with Crippen LogP contribution in [-0.2, 0) is 6.42 Å². The molecule has 2 N–H and O–H groups in total. The predicted molar refractivity (Wildman–Crippen MR) is 137 cm³/mol. The summed E-state index contributed by atoms with van der Waals surface area (Å²) in [4.78, 5) is 17.8. The molecule has 1 aliphatic rings. The SMILES string of the molecule is CCCC(CCC)CNc1c(C(=O)C2CC2)cnc2ccc(-c3ccc(O)c(CC)c3)cc12. The highest BCUT2D eigenvalue weighted by Gasteiger charge is 2.32. The standard InChI is InChI=1S/C29H36N2O2/c1-4-7-19(8-5-2)17-31-28-24-16-23(22-12-14-27(32)20(6-3)15-22)11-13-26(24)30-18-25(28)29(33)21-9-10-21/h11-16,18-19,21,32H,4-10,17H2,1-3H3,(H,30,31). The number of rotatable bonds is 11. The molecule has 0 amide bonds. The van der Waals surface area contributed by atoms with Gasteiger partial charge in [-0.1, -0.05) is 45.7 Å². The first-order valence-electron chi connectivity index (χ1n) is 12.6. The number of nitrogens with zero attached hydrogens (tertiary/aromatic N) is 1. The highest BCUT2D eigenvalue weighted by Crippen LogP contribution is 2.38. The van der Waals surface area contributed by atoms with E-state index in [9.17, 15) is 9.90 Å². The molecule has 4 nitrogen and oxygen atoms in total. The lowest BCUT2D eigenvalue weighted by Crippen LogP contribution is -2.17. The molecule has 0 spiro atoms. The molecule has 174 valence electrons. The molecule has 1 aromatic heterocycles. The van der Waals surface area contributed by atoms with E-state index >= 15 is 0 Å². The lowest BCUT2D eigenvalue weighted by atomic mass is 9.96. The molecule has 1 saturated carbocycles. The Morgan fingerprint density at radius 3 is 2.42 bits per heavy atom. The Bertz CT molecular complexity index is 1130. The quantitative estimate of drug-likeness (QED) is 0.303. The summed E-state index contributed by atoms with van der Waals surface area (Å²) in [5.41, 5.74) is 5.62.